The molecule has 0 saturated carbocycles. The highest BCUT2D eigenvalue weighted by molar-refractivity contribution is 5.96. The monoisotopic (exact) mass is 348 g/mol. The number of carbonyl (C=O) groups is 1. The highest BCUT2D eigenvalue weighted by Crippen LogP contribution is 2.42. The minimum absolute atomic E-state index is 0.0389. The number of alkyl halides is 2. The van der Waals surface area contributed by atoms with Crippen molar-refractivity contribution < 1.29 is 23.0 Å². The Morgan fingerprint density at radius 2 is 1.80 bits per heavy atom. The zero-order valence-corrected chi connectivity index (χ0v) is 14.0. The molecule has 0 bridgehead atoms. The molecule has 1 atom stereocenters. The molecule has 2 aromatic carbocycles. The van der Waals surface area contributed by atoms with Gasteiger partial charge in [-0.3, -0.25) is 4.79 Å². The molecule has 25 heavy (non-hydrogen) atoms. The van der Waals surface area contributed by atoms with Gasteiger partial charge in [-0.2, -0.15) is 0 Å². The molecule has 2 N–H and O–H groups in total. The van der Waals surface area contributed by atoms with Gasteiger partial charge in [-0.15, -0.1) is 8.78 Å². The molecular weight excluding hydrogens is 330 g/mol. The summed E-state index contributed by atoms with van der Waals surface area (Å²) < 4.78 is 34.8. The van der Waals surface area contributed by atoms with Crippen molar-refractivity contribution in [3.63, 3.8) is 0 Å². The van der Waals surface area contributed by atoms with E-state index in [0.717, 1.165) is 16.8 Å². The van der Waals surface area contributed by atoms with Gasteiger partial charge in [-0.05, 0) is 44.5 Å². The number of ether oxygens (including phenoxy) is 2. The van der Waals surface area contributed by atoms with E-state index in [4.69, 9.17) is 0 Å². The van der Waals surface area contributed by atoms with Crippen LogP contribution in [-0.2, 0) is 4.79 Å². The van der Waals surface area contributed by atoms with E-state index in [2.05, 4.69) is 20.1 Å². The number of benzene rings is 2. The van der Waals surface area contributed by atoms with E-state index >= 15 is 0 Å². The molecule has 1 unspecified atom stereocenters. The lowest BCUT2D eigenvalue weighted by atomic mass is 10.1. The van der Waals surface area contributed by atoms with E-state index in [1.165, 1.54) is 12.1 Å². The molecule has 2 aromatic rings. The van der Waals surface area contributed by atoms with Gasteiger partial charge in [0.15, 0.2) is 11.5 Å². The molecule has 0 radical (unpaired) electrons. The quantitative estimate of drug-likeness (QED) is 0.875. The van der Waals surface area contributed by atoms with Crippen molar-refractivity contribution in [2.24, 2.45) is 0 Å². The first kappa shape index (κ1) is 17.0. The minimum atomic E-state index is -3.66. The normalized spacial score (nSPS) is 15.6. The second kappa shape index (κ2) is 6.23. The fourth-order valence-electron chi connectivity index (χ4n) is 2.55. The Hall–Kier alpha value is -2.83. The summed E-state index contributed by atoms with van der Waals surface area (Å²) in [5.74, 6) is -0.352. The van der Waals surface area contributed by atoms with Crippen molar-refractivity contribution in [2.75, 3.05) is 10.6 Å². The van der Waals surface area contributed by atoms with Crippen molar-refractivity contribution >= 4 is 17.3 Å². The van der Waals surface area contributed by atoms with E-state index in [1.54, 1.807) is 13.0 Å². The average molecular weight is 348 g/mol. The van der Waals surface area contributed by atoms with Crippen LogP contribution in [0.3, 0.4) is 0 Å². The first-order valence-corrected chi connectivity index (χ1v) is 7.78. The number of halogens is 2. The Kier molecular flexibility index (Phi) is 4.24. The summed E-state index contributed by atoms with van der Waals surface area (Å²) in [5, 5.41) is 5.80. The van der Waals surface area contributed by atoms with Gasteiger partial charge in [-0.1, -0.05) is 17.7 Å². The van der Waals surface area contributed by atoms with Crippen LogP contribution in [0.1, 0.15) is 18.1 Å². The first-order valence-electron chi connectivity index (χ1n) is 7.78. The molecule has 1 amide bonds. The number of anilines is 2. The molecule has 1 heterocycles. The van der Waals surface area contributed by atoms with E-state index in [1.807, 2.05) is 32.0 Å². The summed E-state index contributed by atoms with van der Waals surface area (Å²) in [6, 6.07) is 9.44. The molecule has 0 saturated heterocycles. The lowest BCUT2D eigenvalue weighted by Gasteiger charge is -2.16. The highest BCUT2D eigenvalue weighted by atomic mass is 19.3. The van der Waals surface area contributed by atoms with Gasteiger partial charge < -0.3 is 20.1 Å². The second-order valence-corrected chi connectivity index (χ2v) is 6.00. The fraction of sp³-hybridized carbons (Fsp3) is 0.278. The number of fused-ring (bicyclic) bond motifs is 1. The Morgan fingerprint density at radius 1 is 1.08 bits per heavy atom. The topological polar surface area (TPSA) is 59.6 Å². The summed E-state index contributed by atoms with van der Waals surface area (Å²) in [5.41, 5.74) is 3.28. The van der Waals surface area contributed by atoms with Crippen LogP contribution in [0.2, 0.25) is 0 Å². The number of nitrogens with one attached hydrogen (secondary N) is 2. The smallest absolute Gasteiger partial charge is 0.395 e. The number of amides is 1. The van der Waals surface area contributed by atoms with E-state index in [0.29, 0.717) is 5.69 Å². The highest BCUT2D eigenvalue weighted by Gasteiger charge is 2.43. The van der Waals surface area contributed by atoms with Crippen LogP contribution in [0.25, 0.3) is 0 Å². The molecular formula is C18H18F2N2O3. The van der Waals surface area contributed by atoms with Crippen LogP contribution in [0, 0.1) is 13.8 Å². The van der Waals surface area contributed by atoms with Crippen molar-refractivity contribution in [3.8, 4) is 11.5 Å². The summed E-state index contributed by atoms with van der Waals surface area (Å²) in [6.45, 7) is 5.57. The van der Waals surface area contributed by atoms with Crippen molar-refractivity contribution in [1.29, 1.82) is 0 Å². The van der Waals surface area contributed by atoms with Crippen LogP contribution in [0.15, 0.2) is 36.4 Å². The lowest BCUT2D eigenvalue weighted by molar-refractivity contribution is -0.286. The predicted octanol–water partition coefficient (Wildman–Crippen LogP) is 4.06. The third-order valence-electron chi connectivity index (χ3n) is 3.82. The molecule has 0 fully saturated rings. The van der Waals surface area contributed by atoms with Gasteiger partial charge in [0.2, 0.25) is 5.91 Å². The molecule has 3 rings (SSSR count). The van der Waals surface area contributed by atoms with Gasteiger partial charge in [0.25, 0.3) is 0 Å². The molecule has 0 aromatic heterocycles. The Bertz CT molecular complexity index is 824. The zero-order valence-electron chi connectivity index (χ0n) is 14.0. The molecule has 132 valence electrons. The van der Waals surface area contributed by atoms with Crippen LogP contribution in [0.5, 0.6) is 11.5 Å². The minimum Gasteiger partial charge on any atom is -0.395 e. The SMILES string of the molecule is Cc1ccc(NC(=O)C(C)Nc2ccc3c(c2)OC(F)(F)O3)c(C)c1. The Morgan fingerprint density at radius 3 is 2.52 bits per heavy atom. The first-order chi connectivity index (χ1) is 11.7. The number of hydrogen-bond acceptors (Lipinski definition) is 4. The molecule has 5 nitrogen and oxygen atoms in total. The molecule has 7 heteroatoms. The maximum atomic E-state index is 13.0. The zero-order chi connectivity index (χ0) is 18.2. The van der Waals surface area contributed by atoms with Crippen LogP contribution in [-0.4, -0.2) is 18.2 Å². The summed E-state index contributed by atoms with van der Waals surface area (Å²) in [4.78, 5) is 12.3. The van der Waals surface area contributed by atoms with E-state index in [-0.39, 0.29) is 17.4 Å². The lowest BCUT2D eigenvalue weighted by Crippen LogP contribution is -2.32. The molecule has 1 aliphatic heterocycles. The molecule has 1 aliphatic rings. The maximum Gasteiger partial charge on any atom is 0.586 e. The largest absolute Gasteiger partial charge is 0.586 e. The Balaban J connectivity index is 1.66. The van der Waals surface area contributed by atoms with Gasteiger partial charge in [0.05, 0.1) is 0 Å². The third-order valence-corrected chi connectivity index (χ3v) is 3.82. The van der Waals surface area contributed by atoms with Gasteiger partial charge in [0.1, 0.15) is 6.04 Å². The number of rotatable bonds is 4. The Labute approximate surface area is 143 Å². The van der Waals surface area contributed by atoms with Crippen molar-refractivity contribution in [2.45, 2.75) is 33.1 Å². The summed E-state index contributed by atoms with van der Waals surface area (Å²) >= 11 is 0. The van der Waals surface area contributed by atoms with Crippen LogP contribution < -0.4 is 20.1 Å². The van der Waals surface area contributed by atoms with Gasteiger partial charge >= 0.3 is 6.29 Å². The predicted molar refractivity (Wildman–Crippen MR) is 90.3 cm³/mol. The second-order valence-electron chi connectivity index (χ2n) is 6.00. The summed E-state index contributed by atoms with van der Waals surface area (Å²) in [7, 11) is 0. The third kappa shape index (κ3) is 3.81. The van der Waals surface area contributed by atoms with E-state index < -0.39 is 12.3 Å². The maximum absolute atomic E-state index is 13.0. The molecule has 0 spiro atoms. The number of carbonyl (C=O) groups excluding carboxylic acids is 1. The number of aryl methyl sites for hydroxylation is 2. The molecule has 0 aliphatic carbocycles. The average Bonchev–Trinajstić information content (AvgIpc) is 2.83. The van der Waals surface area contributed by atoms with Crippen LogP contribution >= 0.6 is 0 Å². The number of hydrogen-bond donors (Lipinski definition) is 2. The summed E-state index contributed by atoms with van der Waals surface area (Å²) in [6.07, 6.45) is -3.66. The van der Waals surface area contributed by atoms with E-state index in [9.17, 15) is 13.6 Å². The van der Waals surface area contributed by atoms with Crippen molar-refractivity contribution in [1.82, 2.24) is 0 Å². The van der Waals surface area contributed by atoms with Gasteiger partial charge in [-0.25, -0.2) is 0 Å². The standard InChI is InChI=1S/C18H18F2N2O3/c1-10-4-6-14(11(2)8-10)22-17(23)12(3)21-13-5-7-15-16(9-13)25-18(19,20)24-15/h4-9,12,21H,1-3H3,(H,22,23). The van der Waals surface area contributed by atoms with Crippen molar-refractivity contribution in [3.05, 3.63) is 47.5 Å². The van der Waals surface area contributed by atoms with Gasteiger partial charge in [0, 0.05) is 17.4 Å². The fourth-order valence-corrected chi connectivity index (χ4v) is 2.55. The van der Waals surface area contributed by atoms with Crippen LogP contribution in [0.4, 0.5) is 20.2 Å².